The second-order valence-corrected chi connectivity index (χ2v) is 7.99. The van der Waals surface area contributed by atoms with Crippen molar-refractivity contribution in [2.75, 3.05) is 20.7 Å². The third-order valence-electron chi connectivity index (χ3n) is 5.66. The Labute approximate surface area is 187 Å². The van der Waals surface area contributed by atoms with Crippen LogP contribution >= 0.6 is 0 Å². The molecule has 4 rings (SSSR count). The van der Waals surface area contributed by atoms with E-state index in [-0.39, 0.29) is 5.75 Å². The van der Waals surface area contributed by atoms with E-state index in [2.05, 4.69) is 34.5 Å². The molecule has 0 saturated carbocycles. The normalized spacial score (nSPS) is 11.3. The number of nitrogens with zero attached hydrogens (tertiary/aromatic N) is 5. The van der Waals surface area contributed by atoms with Gasteiger partial charge >= 0.3 is 0 Å². The molecular weight excluding hydrogens is 405 g/mol. The maximum absolute atomic E-state index is 14.5. The minimum Gasteiger partial charge on any atom is -0.494 e. The first kappa shape index (κ1) is 21.8. The SMILES string of the molecule is COc1ccc(-c2nn(-c3ccccc3C)cc2CN(C)CCn2ccnc2C)cc1F. The second-order valence-electron chi connectivity index (χ2n) is 7.99. The average molecular weight is 434 g/mol. The predicted molar refractivity (Wildman–Crippen MR) is 124 cm³/mol. The van der Waals surface area contributed by atoms with Gasteiger partial charge in [0.25, 0.3) is 0 Å². The van der Waals surface area contributed by atoms with Crippen molar-refractivity contribution in [2.45, 2.75) is 26.9 Å². The number of hydrogen-bond acceptors (Lipinski definition) is 4. The molecule has 2 heterocycles. The Kier molecular flexibility index (Phi) is 6.37. The Morgan fingerprint density at radius 2 is 1.94 bits per heavy atom. The van der Waals surface area contributed by atoms with Gasteiger partial charge in [0.05, 0.1) is 18.5 Å². The van der Waals surface area contributed by atoms with E-state index in [0.29, 0.717) is 6.54 Å². The molecule has 6 nitrogen and oxygen atoms in total. The monoisotopic (exact) mass is 433 g/mol. The van der Waals surface area contributed by atoms with Gasteiger partial charge in [0, 0.05) is 49.4 Å². The number of rotatable bonds is 8. The highest BCUT2D eigenvalue weighted by molar-refractivity contribution is 5.64. The molecule has 0 radical (unpaired) electrons. The zero-order valence-electron chi connectivity index (χ0n) is 18.9. The fourth-order valence-electron chi connectivity index (χ4n) is 3.81. The number of benzene rings is 2. The molecule has 0 saturated heterocycles. The number of para-hydroxylation sites is 1. The average Bonchev–Trinajstić information content (AvgIpc) is 3.38. The molecule has 2 aromatic carbocycles. The van der Waals surface area contributed by atoms with Crippen molar-refractivity contribution in [2.24, 2.45) is 0 Å². The number of ether oxygens (including phenoxy) is 1. The first-order chi connectivity index (χ1) is 15.5. The van der Waals surface area contributed by atoms with Crippen molar-refractivity contribution in [1.29, 1.82) is 0 Å². The van der Waals surface area contributed by atoms with Crippen LogP contribution in [0, 0.1) is 19.7 Å². The smallest absolute Gasteiger partial charge is 0.165 e. The largest absolute Gasteiger partial charge is 0.494 e. The summed E-state index contributed by atoms with van der Waals surface area (Å²) in [7, 11) is 3.54. The zero-order chi connectivity index (χ0) is 22.7. The van der Waals surface area contributed by atoms with Crippen LogP contribution in [0.15, 0.2) is 61.1 Å². The van der Waals surface area contributed by atoms with Crippen LogP contribution < -0.4 is 4.74 Å². The van der Waals surface area contributed by atoms with Crippen molar-refractivity contribution in [3.05, 3.63) is 83.8 Å². The topological polar surface area (TPSA) is 48.1 Å². The van der Waals surface area contributed by atoms with Gasteiger partial charge in [0.15, 0.2) is 11.6 Å². The summed E-state index contributed by atoms with van der Waals surface area (Å²) in [6, 6.07) is 13.1. The highest BCUT2D eigenvalue weighted by Crippen LogP contribution is 2.29. The molecule has 4 aromatic rings. The second kappa shape index (κ2) is 9.36. The summed E-state index contributed by atoms with van der Waals surface area (Å²) in [5.41, 5.74) is 4.65. The molecule has 0 amide bonds. The lowest BCUT2D eigenvalue weighted by molar-refractivity contribution is 0.310. The van der Waals surface area contributed by atoms with Crippen molar-refractivity contribution in [3.8, 4) is 22.7 Å². The van der Waals surface area contributed by atoms with Gasteiger partial charge in [-0.15, -0.1) is 0 Å². The molecule has 0 atom stereocenters. The maximum atomic E-state index is 14.5. The van der Waals surface area contributed by atoms with E-state index in [4.69, 9.17) is 9.84 Å². The van der Waals surface area contributed by atoms with Gasteiger partial charge in [-0.3, -0.25) is 0 Å². The lowest BCUT2D eigenvalue weighted by atomic mass is 10.1. The summed E-state index contributed by atoms with van der Waals surface area (Å²) in [5, 5.41) is 4.85. The Morgan fingerprint density at radius 1 is 1.12 bits per heavy atom. The number of methoxy groups -OCH3 is 1. The third-order valence-corrected chi connectivity index (χ3v) is 5.66. The van der Waals surface area contributed by atoms with E-state index in [1.807, 2.05) is 54.5 Å². The third kappa shape index (κ3) is 4.57. The number of aromatic nitrogens is 4. The quantitative estimate of drug-likeness (QED) is 0.406. The molecule has 2 aromatic heterocycles. The molecule has 0 aliphatic carbocycles. The molecule has 0 aliphatic heterocycles. The van der Waals surface area contributed by atoms with Gasteiger partial charge in [0.1, 0.15) is 5.82 Å². The molecule has 166 valence electrons. The Hall–Kier alpha value is -3.45. The van der Waals surface area contributed by atoms with Gasteiger partial charge in [0.2, 0.25) is 0 Å². The van der Waals surface area contributed by atoms with Crippen molar-refractivity contribution < 1.29 is 9.13 Å². The lowest BCUT2D eigenvalue weighted by Gasteiger charge is -2.17. The molecule has 0 unspecified atom stereocenters. The van der Waals surface area contributed by atoms with Crippen molar-refractivity contribution in [1.82, 2.24) is 24.2 Å². The number of hydrogen-bond donors (Lipinski definition) is 0. The van der Waals surface area contributed by atoms with Crippen molar-refractivity contribution in [3.63, 3.8) is 0 Å². The minimum absolute atomic E-state index is 0.224. The number of likely N-dealkylation sites (N-methyl/N-ethyl adjacent to an activating group) is 1. The fraction of sp³-hybridized carbons (Fsp3) is 0.280. The van der Waals surface area contributed by atoms with Gasteiger partial charge in [-0.1, -0.05) is 18.2 Å². The number of imidazole rings is 1. The summed E-state index contributed by atoms with van der Waals surface area (Å²) < 4.78 is 23.6. The van der Waals surface area contributed by atoms with E-state index >= 15 is 0 Å². The van der Waals surface area contributed by atoms with E-state index in [9.17, 15) is 4.39 Å². The summed E-state index contributed by atoms with van der Waals surface area (Å²) in [6.07, 6.45) is 5.85. The fourth-order valence-corrected chi connectivity index (χ4v) is 3.81. The van der Waals surface area contributed by atoms with Gasteiger partial charge < -0.3 is 14.2 Å². The number of halogens is 1. The predicted octanol–water partition coefficient (Wildman–Crippen LogP) is 4.63. The molecule has 0 aliphatic rings. The molecule has 0 spiro atoms. The molecule has 32 heavy (non-hydrogen) atoms. The Bertz CT molecular complexity index is 1210. The molecule has 0 bridgehead atoms. The van der Waals surface area contributed by atoms with Crippen LogP contribution in [0.1, 0.15) is 17.0 Å². The first-order valence-corrected chi connectivity index (χ1v) is 10.6. The zero-order valence-corrected chi connectivity index (χ0v) is 18.9. The van der Waals surface area contributed by atoms with Crippen LogP contribution in [0.2, 0.25) is 0 Å². The van der Waals surface area contributed by atoms with E-state index in [1.54, 1.807) is 6.07 Å². The number of aryl methyl sites for hydroxylation is 2. The summed E-state index contributed by atoms with van der Waals surface area (Å²) in [5.74, 6) is 0.826. The van der Waals surface area contributed by atoms with Crippen LogP contribution in [0.25, 0.3) is 16.9 Å². The van der Waals surface area contributed by atoms with Crippen LogP contribution in [-0.2, 0) is 13.1 Å². The van der Waals surface area contributed by atoms with Crippen LogP contribution in [0.5, 0.6) is 5.75 Å². The maximum Gasteiger partial charge on any atom is 0.165 e. The molecule has 0 fully saturated rings. The molecule has 7 heteroatoms. The summed E-state index contributed by atoms with van der Waals surface area (Å²) >= 11 is 0. The Morgan fingerprint density at radius 3 is 2.62 bits per heavy atom. The van der Waals surface area contributed by atoms with Crippen molar-refractivity contribution >= 4 is 0 Å². The minimum atomic E-state index is -0.398. The summed E-state index contributed by atoms with van der Waals surface area (Å²) in [6.45, 7) is 6.44. The summed E-state index contributed by atoms with van der Waals surface area (Å²) in [4.78, 5) is 6.52. The molecular formula is C25H28FN5O. The van der Waals surface area contributed by atoms with E-state index in [0.717, 1.165) is 47.0 Å². The van der Waals surface area contributed by atoms with Gasteiger partial charge in [-0.2, -0.15) is 5.10 Å². The lowest BCUT2D eigenvalue weighted by Crippen LogP contribution is -2.23. The standard InChI is InChI=1S/C25H28FN5O/c1-18-7-5-6-8-23(18)31-17-21(16-29(3)13-14-30-12-11-27-19(30)2)25(28-31)20-9-10-24(32-4)22(26)15-20/h5-12,15,17H,13-14,16H2,1-4H3. The van der Waals surface area contributed by atoms with Crippen LogP contribution in [0.3, 0.4) is 0 Å². The van der Waals surface area contributed by atoms with Crippen LogP contribution in [0.4, 0.5) is 4.39 Å². The van der Waals surface area contributed by atoms with E-state index < -0.39 is 5.82 Å². The van der Waals surface area contributed by atoms with E-state index in [1.165, 1.54) is 13.2 Å². The first-order valence-electron chi connectivity index (χ1n) is 10.6. The Balaban J connectivity index is 1.65. The highest BCUT2D eigenvalue weighted by atomic mass is 19.1. The van der Waals surface area contributed by atoms with Gasteiger partial charge in [-0.05, 0) is 50.7 Å². The molecule has 0 N–H and O–H groups in total. The van der Waals surface area contributed by atoms with Gasteiger partial charge in [-0.25, -0.2) is 14.1 Å². The highest BCUT2D eigenvalue weighted by Gasteiger charge is 2.17. The van der Waals surface area contributed by atoms with Crippen LogP contribution in [-0.4, -0.2) is 44.9 Å².